The molecule has 0 bridgehead atoms. The van der Waals surface area contributed by atoms with Gasteiger partial charge in [0, 0.05) is 17.7 Å². The van der Waals surface area contributed by atoms with E-state index in [1.54, 1.807) is 0 Å². The Kier molecular flexibility index (Phi) is 9.13. The lowest BCUT2D eigenvalue weighted by Crippen LogP contribution is -2.41. The molecule has 0 aromatic rings. The van der Waals surface area contributed by atoms with Crippen LogP contribution in [0, 0.1) is 5.92 Å². The number of carbonyl (C=O) groups excluding carboxylic acids is 1. The summed E-state index contributed by atoms with van der Waals surface area (Å²) in [6, 6.07) is -0.855. The summed E-state index contributed by atoms with van der Waals surface area (Å²) in [5.41, 5.74) is 5.77. The van der Waals surface area contributed by atoms with Crippen molar-refractivity contribution < 1.29 is 14.7 Å². The summed E-state index contributed by atoms with van der Waals surface area (Å²) >= 11 is 1.53. The Morgan fingerprint density at radius 2 is 1.89 bits per heavy atom. The molecule has 7 heteroatoms. The van der Waals surface area contributed by atoms with Gasteiger partial charge in [-0.2, -0.15) is 0 Å². The molecule has 0 heterocycles. The number of ketones is 1. The molecule has 5 nitrogen and oxygen atoms in total. The summed E-state index contributed by atoms with van der Waals surface area (Å²) in [5.74, 6) is -0.283. The first kappa shape index (κ1) is 18.5. The number of nitrogens with one attached hydrogen (secondary N) is 1. The van der Waals surface area contributed by atoms with Crippen molar-refractivity contribution in [2.45, 2.75) is 52.1 Å². The van der Waals surface area contributed by atoms with Gasteiger partial charge in [-0.3, -0.25) is 9.59 Å². The fourth-order valence-electron chi connectivity index (χ4n) is 1.60. The minimum Gasteiger partial charge on any atom is -0.480 e. The van der Waals surface area contributed by atoms with Crippen LogP contribution in [0.25, 0.3) is 0 Å². The Morgan fingerprint density at radius 1 is 1.32 bits per heavy atom. The average Bonchev–Trinajstić information content (AvgIpc) is 2.30. The van der Waals surface area contributed by atoms with Crippen LogP contribution >= 0.6 is 11.6 Å². The number of hydrogen-bond acceptors (Lipinski definition) is 5. The molecule has 19 heavy (non-hydrogen) atoms. The van der Waals surface area contributed by atoms with Gasteiger partial charge in [0.25, 0.3) is 0 Å². The lowest BCUT2D eigenvalue weighted by molar-refractivity contribution is -0.139. The fourth-order valence-corrected chi connectivity index (χ4v) is 2.59. The molecule has 4 N–H and O–H groups in total. The minimum atomic E-state index is -0.836. The molecular formula is C12H25BN2O3S. The van der Waals surface area contributed by atoms with Crippen molar-refractivity contribution in [2.24, 2.45) is 11.7 Å². The van der Waals surface area contributed by atoms with Crippen LogP contribution in [0.2, 0.25) is 6.32 Å². The predicted molar refractivity (Wildman–Crippen MR) is 81.9 cm³/mol. The van der Waals surface area contributed by atoms with Crippen molar-refractivity contribution in [3.05, 3.63) is 0 Å². The fraction of sp³-hybridized carbons (Fsp3) is 0.833. The molecule has 0 saturated heterocycles. The van der Waals surface area contributed by atoms with Crippen LogP contribution in [0.4, 0.5) is 0 Å². The van der Waals surface area contributed by atoms with Crippen LogP contribution in [0.15, 0.2) is 0 Å². The largest absolute Gasteiger partial charge is 0.480 e. The first-order chi connectivity index (χ1) is 8.75. The highest BCUT2D eigenvalue weighted by atomic mass is 32.2. The number of rotatable bonds is 10. The van der Waals surface area contributed by atoms with E-state index in [9.17, 15) is 9.59 Å². The van der Waals surface area contributed by atoms with Gasteiger partial charge in [0.05, 0.1) is 12.1 Å². The van der Waals surface area contributed by atoms with Crippen LogP contribution in [0.3, 0.4) is 0 Å². The van der Waals surface area contributed by atoms with E-state index in [2.05, 4.69) is 5.32 Å². The third-order valence-corrected chi connectivity index (χ3v) is 3.73. The number of carboxylic acid groups (broad SMARTS) is 1. The van der Waals surface area contributed by atoms with E-state index in [4.69, 9.17) is 10.8 Å². The van der Waals surface area contributed by atoms with Gasteiger partial charge >= 0.3 is 5.97 Å². The number of Topliss-reactive ketones (excluding diaryl/α,β-unsaturated/α-hetero) is 1. The van der Waals surface area contributed by atoms with Crippen LogP contribution in [0.5, 0.6) is 0 Å². The second-order valence-corrected chi connectivity index (χ2v) is 6.39. The monoisotopic (exact) mass is 288 g/mol. The molecule has 0 aliphatic carbocycles. The standard InChI is InChI=1S/C12H25BN2O3S/c1-7(2)11(16)9(14)6-19-13-5-10(12(17)18)15-8(3)4/h7-10,13,15H,5-6,14H2,1-4H3,(H,17,18). The zero-order valence-electron chi connectivity index (χ0n) is 12.2. The number of aliphatic carboxylic acids is 1. The lowest BCUT2D eigenvalue weighted by atomic mass is 9.95. The third-order valence-electron chi connectivity index (χ3n) is 2.62. The Hall–Kier alpha value is -0.525. The zero-order valence-corrected chi connectivity index (χ0v) is 13.0. The second-order valence-electron chi connectivity index (χ2n) is 5.24. The van der Waals surface area contributed by atoms with Gasteiger partial charge in [-0.15, -0.1) is 0 Å². The summed E-state index contributed by atoms with van der Waals surface area (Å²) in [6.07, 6.45) is 0.529. The topological polar surface area (TPSA) is 92.4 Å². The molecule has 0 amide bonds. The van der Waals surface area contributed by atoms with Gasteiger partial charge in [0.2, 0.25) is 0 Å². The van der Waals surface area contributed by atoms with Crippen molar-refractivity contribution >= 4 is 29.9 Å². The Bertz CT molecular complexity index is 301. The second kappa shape index (κ2) is 9.39. The molecule has 0 radical (unpaired) electrons. The molecule has 0 spiro atoms. The summed E-state index contributed by atoms with van der Waals surface area (Å²) in [6.45, 7) is 8.18. The minimum absolute atomic E-state index is 0.0509. The van der Waals surface area contributed by atoms with Crippen LogP contribution in [0.1, 0.15) is 27.7 Å². The number of hydrogen-bond donors (Lipinski definition) is 3. The van der Waals surface area contributed by atoms with Gasteiger partial charge in [0.15, 0.2) is 12.3 Å². The van der Waals surface area contributed by atoms with Crippen molar-refractivity contribution in [3.8, 4) is 0 Å². The highest BCUT2D eigenvalue weighted by Crippen LogP contribution is 2.08. The predicted octanol–water partition coefficient (Wildman–Crippen LogP) is 0.493. The van der Waals surface area contributed by atoms with Gasteiger partial charge in [-0.05, 0) is 6.32 Å². The molecule has 2 unspecified atom stereocenters. The lowest BCUT2D eigenvalue weighted by Gasteiger charge is -2.17. The SMILES string of the molecule is CC(C)NC(CBSCC(N)C(=O)C(C)C)C(=O)O. The van der Waals surface area contributed by atoms with Gasteiger partial charge in [-0.25, -0.2) is 11.6 Å². The highest BCUT2D eigenvalue weighted by molar-refractivity contribution is 8.22. The molecule has 0 aliphatic rings. The molecule has 0 aromatic carbocycles. The normalized spacial score (nSPS) is 14.5. The molecule has 110 valence electrons. The highest BCUT2D eigenvalue weighted by Gasteiger charge is 2.20. The van der Waals surface area contributed by atoms with Gasteiger partial charge < -0.3 is 16.2 Å². The van der Waals surface area contributed by atoms with Crippen LogP contribution < -0.4 is 11.1 Å². The Morgan fingerprint density at radius 3 is 2.32 bits per heavy atom. The molecule has 0 fully saturated rings. The molecule has 0 saturated carbocycles. The van der Waals surface area contributed by atoms with Crippen molar-refractivity contribution in [3.63, 3.8) is 0 Å². The molecule has 2 atom stereocenters. The number of carboxylic acids is 1. The summed E-state index contributed by atoms with van der Waals surface area (Å²) in [4.78, 5) is 22.6. The maximum absolute atomic E-state index is 11.6. The Labute approximate surface area is 120 Å². The van der Waals surface area contributed by atoms with Crippen molar-refractivity contribution in [1.82, 2.24) is 5.32 Å². The molecular weight excluding hydrogens is 263 g/mol. The van der Waals surface area contributed by atoms with Gasteiger partial charge in [-0.1, -0.05) is 27.7 Å². The summed E-state index contributed by atoms with van der Waals surface area (Å²) < 4.78 is 0. The van der Waals surface area contributed by atoms with E-state index < -0.39 is 18.1 Å². The van der Waals surface area contributed by atoms with Crippen LogP contribution in [-0.2, 0) is 9.59 Å². The number of carbonyl (C=O) groups is 2. The van der Waals surface area contributed by atoms with Crippen molar-refractivity contribution in [1.29, 1.82) is 0 Å². The third kappa shape index (κ3) is 8.28. The van der Waals surface area contributed by atoms with Gasteiger partial charge in [0.1, 0.15) is 0 Å². The van der Waals surface area contributed by atoms with E-state index in [-0.39, 0.29) is 17.7 Å². The van der Waals surface area contributed by atoms with E-state index in [1.165, 1.54) is 11.6 Å². The molecule has 0 aromatic heterocycles. The van der Waals surface area contributed by atoms with E-state index in [0.29, 0.717) is 18.6 Å². The van der Waals surface area contributed by atoms with Crippen LogP contribution in [-0.4, -0.2) is 47.3 Å². The van der Waals surface area contributed by atoms with E-state index in [1.807, 2.05) is 27.7 Å². The smallest absolute Gasteiger partial charge is 0.320 e. The maximum Gasteiger partial charge on any atom is 0.320 e. The molecule has 0 aliphatic heterocycles. The summed E-state index contributed by atoms with van der Waals surface area (Å²) in [7, 11) is 0. The zero-order chi connectivity index (χ0) is 15.0. The van der Waals surface area contributed by atoms with E-state index >= 15 is 0 Å². The first-order valence-electron chi connectivity index (χ1n) is 6.61. The quantitative estimate of drug-likeness (QED) is 0.400. The van der Waals surface area contributed by atoms with Crippen molar-refractivity contribution in [2.75, 3.05) is 5.75 Å². The average molecular weight is 288 g/mol. The first-order valence-corrected chi connectivity index (χ1v) is 7.77. The van der Waals surface area contributed by atoms with E-state index in [0.717, 1.165) is 0 Å². The molecule has 0 rings (SSSR count). The number of nitrogens with two attached hydrogens (primary N) is 1. The Balaban J connectivity index is 3.94. The summed E-state index contributed by atoms with van der Waals surface area (Å²) in [5, 5.41) is 12.0. The maximum atomic E-state index is 11.6.